The summed E-state index contributed by atoms with van der Waals surface area (Å²) in [4.78, 5) is 10.9. The Morgan fingerprint density at radius 2 is 1.50 bits per heavy atom. The van der Waals surface area contributed by atoms with E-state index in [0.717, 1.165) is 11.1 Å². The standard InChI is InChI=1S/C24H26O2/c1-15-13-20-21(24(5,6)16(2)23(20,3)4)14-19(15)12-9-17-7-10-18(11-8-17)22(25)26/h7-8,10-11,13-14,16H,1-6H3,(H,25,26). The Kier molecular flexibility index (Phi) is 4.23. The van der Waals surface area contributed by atoms with Gasteiger partial charge in [0.15, 0.2) is 0 Å². The number of carbonyl (C=O) groups is 1. The van der Waals surface area contributed by atoms with E-state index in [1.807, 2.05) is 0 Å². The van der Waals surface area contributed by atoms with Gasteiger partial charge in [-0.3, -0.25) is 0 Å². The molecule has 2 heteroatoms. The van der Waals surface area contributed by atoms with E-state index in [0.29, 0.717) is 5.92 Å². The second-order valence-electron chi connectivity index (χ2n) is 8.51. The van der Waals surface area contributed by atoms with Gasteiger partial charge in [0.2, 0.25) is 0 Å². The minimum Gasteiger partial charge on any atom is -0.478 e. The summed E-state index contributed by atoms with van der Waals surface area (Å²) in [5, 5.41) is 8.99. The van der Waals surface area contributed by atoms with Gasteiger partial charge in [0, 0.05) is 11.1 Å². The van der Waals surface area contributed by atoms with Crippen LogP contribution in [0, 0.1) is 24.7 Å². The number of benzene rings is 2. The summed E-state index contributed by atoms with van der Waals surface area (Å²) in [5.74, 6) is 6.10. The van der Waals surface area contributed by atoms with Crippen molar-refractivity contribution in [3.05, 3.63) is 69.8 Å². The highest BCUT2D eigenvalue weighted by Gasteiger charge is 2.48. The zero-order valence-electron chi connectivity index (χ0n) is 16.4. The summed E-state index contributed by atoms with van der Waals surface area (Å²) in [6, 6.07) is 11.3. The topological polar surface area (TPSA) is 37.3 Å². The Morgan fingerprint density at radius 1 is 0.962 bits per heavy atom. The van der Waals surface area contributed by atoms with Gasteiger partial charge in [0.05, 0.1) is 5.56 Å². The van der Waals surface area contributed by atoms with Crippen LogP contribution in [-0.4, -0.2) is 11.1 Å². The number of hydrogen-bond acceptors (Lipinski definition) is 1. The molecular formula is C24H26O2. The fourth-order valence-electron chi connectivity index (χ4n) is 4.11. The van der Waals surface area contributed by atoms with Crippen molar-refractivity contribution >= 4 is 5.97 Å². The Hall–Kier alpha value is -2.53. The lowest BCUT2D eigenvalue weighted by Crippen LogP contribution is -2.30. The van der Waals surface area contributed by atoms with Gasteiger partial charge in [-0.1, -0.05) is 52.5 Å². The van der Waals surface area contributed by atoms with E-state index in [2.05, 4.69) is 65.5 Å². The van der Waals surface area contributed by atoms with Crippen LogP contribution in [0.1, 0.15) is 72.8 Å². The van der Waals surface area contributed by atoms with Gasteiger partial charge in [0.1, 0.15) is 0 Å². The van der Waals surface area contributed by atoms with Gasteiger partial charge in [-0.2, -0.15) is 0 Å². The third-order valence-electron chi connectivity index (χ3n) is 6.39. The first-order valence-electron chi connectivity index (χ1n) is 9.06. The number of carboxylic acids is 1. The summed E-state index contributed by atoms with van der Waals surface area (Å²) in [7, 11) is 0. The minimum atomic E-state index is -0.919. The number of carboxylic acid groups (broad SMARTS) is 1. The molecule has 3 rings (SSSR count). The molecule has 0 bridgehead atoms. The highest BCUT2D eigenvalue weighted by Crippen LogP contribution is 2.53. The molecule has 134 valence electrons. The number of fused-ring (bicyclic) bond motifs is 1. The second kappa shape index (κ2) is 6.02. The number of aryl methyl sites for hydroxylation is 1. The van der Waals surface area contributed by atoms with E-state index in [9.17, 15) is 4.79 Å². The average Bonchev–Trinajstić information content (AvgIpc) is 2.71. The molecule has 0 radical (unpaired) electrons. The predicted molar refractivity (Wildman–Crippen MR) is 106 cm³/mol. The molecule has 0 aliphatic heterocycles. The number of rotatable bonds is 1. The Balaban J connectivity index is 2.02. The molecule has 0 heterocycles. The molecule has 2 aromatic carbocycles. The molecule has 2 aromatic rings. The molecule has 0 amide bonds. The van der Waals surface area contributed by atoms with Crippen molar-refractivity contribution in [3.8, 4) is 11.8 Å². The van der Waals surface area contributed by atoms with E-state index < -0.39 is 5.97 Å². The second-order valence-corrected chi connectivity index (χ2v) is 8.51. The van der Waals surface area contributed by atoms with E-state index >= 15 is 0 Å². The molecule has 26 heavy (non-hydrogen) atoms. The van der Waals surface area contributed by atoms with Crippen molar-refractivity contribution in [1.82, 2.24) is 0 Å². The molecule has 2 nitrogen and oxygen atoms in total. The highest BCUT2D eigenvalue weighted by atomic mass is 16.4. The third kappa shape index (κ3) is 2.82. The van der Waals surface area contributed by atoms with Crippen LogP contribution in [0.4, 0.5) is 0 Å². The normalized spacial score (nSPS) is 19.4. The van der Waals surface area contributed by atoms with Crippen molar-refractivity contribution in [2.45, 2.75) is 52.4 Å². The molecule has 1 N–H and O–H groups in total. The summed E-state index contributed by atoms with van der Waals surface area (Å²) in [5.41, 5.74) is 6.44. The molecule has 0 aromatic heterocycles. The van der Waals surface area contributed by atoms with Crippen LogP contribution in [0.15, 0.2) is 36.4 Å². The number of aromatic carboxylic acids is 1. The molecule has 1 atom stereocenters. The smallest absolute Gasteiger partial charge is 0.335 e. The van der Waals surface area contributed by atoms with E-state index in [1.165, 1.54) is 16.7 Å². The predicted octanol–water partition coefficient (Wildman–Crippen LogP) is 5.30. The quantitative estimate of drug-likeness (QED) is 0.712. The summed E-state index contributed by atoms with van der Waals surface area (Å²) in [6.07, 6.45) is 0. The first kappa shape index (κ1) is 18.3. The first-order valence-corrected chi connectivity index (χ1v) is 9.06. The fourth-order valence-corrected chi connectivity index (χ4v) is 4.11. The maximum absolute atomic E-state index is 10.9. The minimum absolute atomic E-state index is 0.117. The van der Waals surface area contributed by atoms with Crippen LogP contribution >= 0.6 is 0 Å². The van der Waals surface area contributed by atoms with Crippen molar-refractivity contribution in [2.24, 2.45) is 5.92 Å². The van der Waals surface area contributed by atoms with Crippen LogP contribution in [0.5, 0.6) is 0 Å². The van der Waals surface area contributed by atoms with Crippen LogP contribution in [-0.2, 0) is 10.8 Å². The summed E-state index contributed by atoms with van der Waals surface area (Å²) < 4.78 is 0. The van der Waals surface area contributed by atoms with Crippen molar-refractivity contribution in [3.63, 3.8) is 0 Å². The van der Waals surface area contributed by atoms with Crippen molar-refractivity contribution in [1.29, 1.82) is 0 Å². The average molecular weight is 346 g/mol. The molecule has 1 unspecified atom stereocenters. The zero-order valence-corrected chi connectivity index (χ0v) is 16.4. The Morgan fingerprint density at radius 3 is 2.04 bits per heavy atom. The van der Waals surface area contributed by atoms with Crippen LogP contribution in [0.25, 0.3) is 0 Å². The Bertz CT molecular complexity index is 935. The van der Waals surface area contributed by atoms with E-state index in [-0.39, 0.29) is 16.4 Å². The third-order valence-corrected chi connectivity index (χ3v) is 6.39. The molecule has 1 aliphatic carbocycles. The summed E-state index contributed by atoms with van der Waals surface area (Å²) in [6.45, 7) is 13.8. The largest absolute Gasteiger partial charge is 0.478 e. The van der Waals surface area contributed by atoms with Gasteiger partial charge in [-0.15, -0.1) is 0 Å². The van der Waals surface area contributed by atoms with Crippen LogP contribution < -0.4 is 0 Å². The fraction of sp³-hybridized carbons (Fsp3) is 0.375. The van der Waals surface area contributed by atoms with E-state index in [4.69, 9.17) is 5.11 Å². The molecular weight excluding hydrogens is 320 g/mol. The molecule has 0 spiro atoms. The van der Waals surface area contributed by atoms with Crippen molar-refractivity contribution < 1.29 is 9.90 Å². The maximum Gasteiger partial charge on any atom is 0.335 e. The molecule has 1 aliphatic rings. The van der Waals surface area contributed by atoms with Crippen molar-refractivity contribution in [2.75, 3.05) is 0 Å². The molecule has 0 saturated carbocycles. The first-order chi connectivity index (χ1) is 12.0. The molecule has 0 fully saturated rings. The monoisotopic (exact) mass is 346 g/mol. The van der Waals surface area contributed by atoms with Gasteiger partial charge in [0.25, 0.3) is 0 Å². The zero-order chi connectivity index (χ0) is 19.3. The SMILES string of the molecule is Cc1cc2c(cc1C#Cc1ccc(C(=O)O)cc1)C(C)(C)C(C)C2(C)C. The van der Waals surface area contributed by atoms with Gasteiger partial charge in [-0.25, -0.2) is 4.79 Å². The lowest BCUT2D eigenvalue weighted by atomic mass is 9.71. The maximum atomic E-state index is 10.9. The Labute approximate surface area is 156 Å². The summed E-state index contributed by atoms with van der Waals surface area (Å²) >= 11 is 0. The highest BCUT2D eigenvalue weighted by molar-refractivity contribution is 5.87. The molecule has 0 saturated heterocycles. The van der Waals surface area contributed by atoms with Gasteiger partial charge < -0.3 is 5.11 Å². The number of hydrogen-bond donors (Lipinski definition) is 1. The van der Waals surface area contributed by atoms with E-state index in [1.54, 1.807) is 24.3 Å². The lowest BCUT2D eigenvalue weighted by Gasteiger charge is -2.32. The van der Waals surface area contributed by atoms with Crippen LogP contribution in [0.3, 0.4) is 0 Å². The lowest BCUT2D eigenvalue weighted by molar-refractivity contribution is 0.0697. The van der Waals surface area contributed by atoms with Gasteiger partial charge in [-0.05, 0) is 70.7 Å². The van der Waals surface area contributed by atoms with Crippen LogP contribution in [0.2, 0.25) is 0 Å². The van der Waals surface area contributed by atoms with Gasteiger partial charge >= 0.3 is 5.97 Å².